The molecule has 1 heterocycles. The topological polar surface area (TPSA) is 64.4 Å². The van der Waals surface area contributed by atoms with Gasteiger partial charge in [0.1, 0.15) is 0 Å². The van der Waals surface area contributed by atoms with Gasteiger partial charge in [0.2, 0.25) is 5.91 Å². The monoisotopic (exact) mass is 282 g/mol. The zero-order chi connectivity index (χ0) is 14.8. The Morgan fingerprint density at radius 2 is 2.05 bits per heavy atom. The van der Waals surface area contributed by atoms with Gasteiger partial charge in [-0.25, -0.2) is 0 Å². The number of nitrogens with one attached hydrogen (secondary N) is 1. The summed E-state index contributed by atoms with van der Waals surface area (Å²) in [5.74, 6) is 0.627. The Hall–Kier alpha value is -0.610. The Morgan fingerprint density at radius 3 is 2.70 bits per heavy atom. The van der Waals surface area contributed by atoms with Crippen molar-refractivity contribution in [2.75, 3.05) is 13.2 Å². The van der Waals surface area contributed by atoms with Crippen LogP contribution in [0.25, 0.3) is 0 Å². The van der Waals surface area contributed by atoms with Gasteiger partial charge in [0, 0.05) is 25.1 Å². The Bertz CT molecular complexity index is 337. The van der Waals surface area contributed by atoms with Crippen LogP contribution in [0.15, 0.2) is 0 Å². The molecule has 1 saturated heterocycles. The summed E-state index contributed by atoms with van der Waals surface area (Å²) in [6.07, 6.45) is 5.48. The third kappa shape index (κ3) is 3.34. The highest BCUT2D eigenvalue weighted by Crippen LogP contribution is 2.44. The summed E-state index contributed by atoms with van der Waals surface area (Å²) in [7, 11) is 0. The van der Waals surface area contributed by atoms with Gasteiger partial charge < -0.3 is 15.8 Å². The molecule has 4 atom stereocenters. The lowest BCUT2D eigenvalue weighted by molar-refractivity contribution is -0.133. The molecular formula is C16H30N2O2. The van der Waals surface area contributed by atoms with Gasteiger partial charge >= 0.3 is 0 Å². The third-order valence-electron chi connectivity index (χ3n) is 5.60. The highest BCUT2D eigenvalue weighted by molar-refractivity contribution is 5.79. The Balaban J connectivity index is 1.88. The molecule has 3 N–H and O–H groups in total. The van der Waals surface area contributed by atoms with E-state index in [1.807, 2.05) is 0 Å². The Morgan fingerprint density at radius 1 is 1.30 bits per heavy atom. The van der Waals surface area contributed by atoms with Crippen LogP contribution < -0.4 is 11.1 Å². The molecule has 0 bridgehead atoms. The van der Waals surface area contributed by atoms with Crippen LogP contribution in [0, 0.1) is 17.3 Å². The highest BCUT2D eigenvalue weighted by Gasteiger charge is 2.44. The lowest BCUT2D eigenvalue weighted by Crippen LogP contribution is -2.52. The van der Waals surface area contributed by atoms with E-state index in [-0.39, 0.29) is 29.4 Å². The second-order valence-electron chi connectivity index (χ2n) is 7.14. The standard InChI is InChI=1S/C16H30N2O2/c1-11-14(17)8-7-13(16(11,2)3)15(19)18-10-12-6-4-5-9-20-12/h11-14H,4-10,17H2,1-3H3,(H,18,19). The molecule has 2 fully saturated rings. The molecule has 2 rings (SSSR count). The van der Waals surface area contributed by atoms with E-state index in [1.165, 1.54) is 6.42 Å². The second-order valence-corrected chi connectivity index (χ2v) is 7.14. The molecule has 0 aromatic rings. The summed E-state index contributed by atoms with van der Waals surface area (Å²) in [5.41, 5.74) is 6.12. The summed E-state index contributed by atoms with van der Waals surface area (Å²) < 4.78 is 5.67. The van der Waals surface area contributed by atoms with E-state index in [4.69, 9.17) is 10.5 Å². The minimum atomic E-state index is -0.0326. The molecule has 0 radical (unpaired) electrons. The first-order valence-electron chi connectivity index (χ1n) is 8.08. The molecule has 1 aliphatic carbocycles. The lowest BCUT2D eigenvalue weighted by Gasteiger charge is -2.46. The van der Waals surface area contributed by atoms with E-state index >= 15 is 0 Å². The molecule has 0 aromatic heterocycles. The number of rotatable bonds is 3. The summed E-state index contributed by atoms with van der Waals surface area (Å²) in [5, 5.41) is 3.11. The zero-order valence-corrected chi connectivity index (χ0v) is 13.2. The van der Waals surface area contributed by atoms with Crippen LogP contribution in [-0.2, 0) is 9.53 Å². The van der Waals surface area contributed by atoms with Crippen LogP contribution in [0.3, 0.4) is 0 Å². The van der Waals surface area contributed by atoms with Crippen molar-refractivity contribution in [1.29, 1.82) is 0 Å². The average Bonchev–Trinajstić information content (AvgIpc) is 2.43. The van der Waals surface area contributed by atoms with Crippen LogP contribution in [0.5, 0.6) is 0 Å². The molecule has 116 valence electrons. The van der Waals surface area contributed by atoms with E-state index in [0.717, 1.165) is 32.3 Å². The fraction of sp³-hybridized carbons (Fsp3) is 0.938. The van der Waals surface area contributed by atoms with Crippen molar-refractivity contribution in [3.05, 3.63) is 0 Å². The van der Waals surface area contributed by atoms with Crippen molar-refractivity contribution in [3.63, 3.8) is 0 Å². The van der Waals surface area contributed by atoms with Crippen molar-refractivity contribution < 1.29 is 9.53 Å². The number of carbonyl (C=O) groups is 1. The van der Waals surface area contributed by atoms with Crippen LogP contribution in [0.4, 0.5) is 0 Å². The summed E-state index contributed by atoms with van der Waals surface area (Å²) in [6, 6.07) is 0.218. The summed E-state index contributed by atoms with van der Waals surface area (Å²) in [6.45, 7) is 8.03. The fourth-order valence-corrected chi connectivity index (χ4v) is 3.63. The van der Waals surface area contributed by atoms with Gasteiger partial charge in [0.25, 0.3) is 0 Å². The van der Waals surface area contributed by atoms with Gasteiger partial charge in [-0.3, -0.25) is 4.79 Å². The molecule has 2 aliphatic rings. The summed E-state index contributed by atoms with van der Waals surface area (Å²) in [4.78, 5) is 12.5. The van der Waals surface area contributed by atoms with Gasteiger partial charge in [0.15, 0.2) is 0 Å². The molecule has 0 spiro atoms. The quantitative estimate of drug-likeness (QED) is 0.833. The van der Waals surface area contributed by atoms with Crippen molar-refractivity contribution in [2.24, 2.45) is 23.0 Å². The second kappa shape index (κ2) is 6.44. The number of carbonyl (C=O) groups excluding carboxylic acids is 1. The van der Waals surface area contributed by atoms with Crippen LogP contribution in [-0.4, -0.2) is 31.2 Å². The van der Waals surface area contributed by atoms with Crippen LogP contribution in [0.1, 0.15) is 52.9 Å². The normalized spacial score (nSPS) is 37.4. The van der Waals surface area contributed by atoms with Crippen LogP contribution in [0.2, 0.25) is 0 Å². The molecule has 4 unspecified atom stereocenters. The zero-order valence-electron chi connectivity index (χ0n) is 13.2. The first-order valence-corrected chi connectivity index (χ1v) is 8.08. The van der Waals surface area contributed by atoms with E-state index in [0.29, 0.717) is 12.5 Å². The minimum absolute atomic E-state index is 0.0326. The van der Waals surface area contributed by atoms with E-state index in [9.17, 15) is 4.79 Å². The highest BCUT2D eigenvalue weighted by atomic mass is 16.5. The van der Waals surface area contributed by atoms with Gasteiger partial charge in [-0.2, -0.15) is 0 Å². The maximum atomic E-state index is 12.5. The van der Waals surface area contributed by atoms with Gasteiger partial charge in [-0.1, -0.05) is 20.8 Å². The lowest BCUT2D eigenvalue weighted by atomic mass is 9.61. The number of ether oxygens (including phenoxy) is 1. The van der Waals surface area contributed by atoms with Crippen molar-refractivity contribution >= 4 is 5.91 Å². The van der Waals surface area contributed by atoms with Gasteiger partial charge in [0.05, 0.1) is 6.10 Å². The van der Waals surface area contributed by atoms with Crippen molar-refractivity contribution in [1.82, 2.24) is 5.32 Å². The third-order valence-corrected chi connectivity index (χ3v) is 5.60. The number of hydrogen-bond acceptors (Lipinski definition) is 3. The first kappa shape index (κ1) is 15.8. The van der Waals surface area contributed by atoms with Gasteiger partial charge in [-0.15, -0.1) is 0 Å². The molecule has 20 heavy (non-hydrogen) atoms. The van der Waals surface area contributed by atoms with E-state index < -0.39 is 0 Å². The van der Waals surface area contributed by atoms with E-state index in [2.05, 4.69) is 26.1 Å². The molecule has 1 aliphatic heterocycles. The molecule has 1 amide bonds. The van der Waals surface area contributed by atoms with Gasteiger partial charge in [-0.05, 0) is 43.4 Å². The molecular weight excluding hydrogens is 252 g/mol. The summed E-state index contributed by atoms with van der Waals surface area (Å²) >= 11 is 0. The average molecular weight is 282 g/mol. The smallest absolute Gasteiger partial charge is 0.223 e. The Labute approximate surface area is 122 Å². The predicted molar refractivity (Wildman–Crippen MR) is 80.2 cm³/mol. The largest absolute Gasteiger partial charge is 0.376 e. The minimum Gasteiger partial charge on any atom is -0.376 e. The maximum absolute atomic E-state index is 12.5. The first-order chi connectivity index (χ1) is 9.43. The van der Waals surface area contributed by atoms with Crippen molar-refractivity contribution in [2.45, 2.75) is 65.0 Å². The number of nitrogens with two attached hydrogens (primary N) is 1. The number of hydrogen-bond donors (Lipinski definition) is 2. The fourth-order valence-electron chi connectivity index (χ4n) is 3.63. The number of amides is 1. The molecule has 0 aromatic carbocycles. The van der Waals surface area contributed by atoms with Crippen LogP contribution >= 0.6 is 0 Å². The SMILES string of the molecule is CC1C(N)CCC(C(=O)NCC2CCCCO2)C1(C)C. The molecule has 4 nitrogen and oxygen atoms in total. The van der Waals surface area contributed by atoms with Crippen molar-refractivity contribution in [3.8, 4) is 0 Å². The predicted octanol–water partition coefficient (Wildman–Crippen LogP) is 2.07. The molecule has 1 saturated carbocycles. The van der Waals surface area contributed by atoms with E-state index in [1.54, 1.807) is 0 Å². The Kier molecular flexibility index (Phi) is 5.08. The maximum Gasteiger partial charge on any atom is 0.223 e. The molecule has 4 heteroatoms.